The fraction of sp³-hybridized carbons (Fsp3) is 0.818. The molecule has 0 aliphatic rings. The smallest absolute Gasteiger partial charge is 0.0170 e. The van der Waals surface area contributed by atoms with E-state index >= 15 is 0 Å². The summed E-state index contributed by atoms with van der Waals surface area (Å²) in [5, 5.41) is 3.28. The minimum atomic E-state index is 0.828. The van der Waals surface area contributed by atoms with Gasteiger partial charge in [0, 0.05) is 12.3 Å². The lowest BCUT2D eigenvalue weighted by Gasteiger charge is -2.07. The third-order valence-corrected chi connectivity index (χ3v) is 2.91. The van der Waals surface area contributed by atoms with E-state index in [1.54, 1.807) is 0 Å². The summed E-state index contributed by atoms with van der Waals surface area (Å²) in [6, 6.07) is 0. The molecule has 0 aliphatic heterocycles. The lowest BCUT2D eigenvalue weighted by Crippen LogP contribution is -2.16. The first-order valence-electron chi connectivity index (χ1n) is 5.12. The molecule has 2 heteroatoms. The summed E-state index contributed by atoms with van der Waals surface area (Å²) in [6.45, 7) is 12.7. The highest BCUT2D eigenvalue weighted by atomic mass is 32.2. The molecule has 0 radical (unpaired) electrons. The molecule has 0 aromatic carbocycles. The van der Waals surface area contributed by atoms with Gasteiger partial charge in [0.2, 0.25) is 0 Å². The van der Waals surface area contributed by atoms with Crippen LogP contribution >= 0.6 is 11.8 Å². The molecule has 0 spiro atoms. The molecular formula is C11H23NS. The second-order valence-electron chi connectivity index (χ2n) is 3.77. The van der Waals surface area contributed by atoms with Gasteiger partial charge in [-0.25, -0.2) is 0 Å². The van der Waals surface area contributed by atoms with Crippen molar-refractivity contribution < 1.29 is 0 Å². The normalized spacial score (nSPS) is 10.8. The molecule has 0 fully saturated rings. The van der Waals surface area contributed by atoms with Crippen molar-refractivity contribution in [3.8, 4) is 0 Å². The lowest BCUT2D eigenvalue weighted by atomic mass is 10.2. The standard InChI is InChI=1S/C11H23NS/c1-5-12-8-11(4)9-13-7-6-10(2)3/h10,12H,4-9H2,1-3H3. The Morgan fingerprint density at radius 1 is 1.46 bits per heavy atom. The summed E-state index contributed by atoms with van der Waals surface area (Å²) in [5.41, 5.74) is 1.32. The fourth-order valence-corrected chi connectivity index (χ4v) is 2.06. The zero-order valence-corrected chi connectivity index (χ0v) is 10.0. The quantitative estimate of drug-likeness (QED) is 0.479. The minimum absolute atomic E-state index is 0.828. The number of rotatable bonds is 8. The minimum Gasteiger partial charge on any atom is -0.313 e. The van der Waals surface area contributed by atoms with Gasteiger partial charge in [0.05, 0.1) is 0 Å². The van der Waals surface area contributed by atoms with Gasteiger partial charge in [0.25, 0.3) is 0 Å². The number of hydrogen-bond donors (Lipinski definition) is 1. The molecule has 0 heterocycles. The highest BCUT2D eigenvalue weighted by Crippen LogP contribution is 2.11. The van der Waals surface area contributed by atoms with Crippen LogP contribution in [-0.4, -0.2) is 24.6 Å². The molecule has 0 rings (SSSR count). The predicted octanol–water partition coefficient (Wildman–Crippen LogP) is 2.93. The van der Waals surface area contributed by atoms with Gasteiger partial charge in [-0.3, -0.25) is 0 Å². The van der Waals surface area contributed by atoms with Crippen LogP contribution in [0.1, 0.15) is 27.2 Å². The van der Waals surface area contributed by atoms with Crippen molar-refractivity contribution >= 4 is 11.8 Å². The van der Waals surface area contributed by atoms with Gasteiger partial charge in [-0.05, 0) is 24.6 Å². The maximum Gasteiger partial charge on any atom is 0.0170 e. The molecule has 0 saturated carbocycles. The van der Waals surface area contributed by atoms with Gasteiger partial charge in [-0.15, -0.1) is 0 Å². The van der Waals surface area contributed by atoms with Crippen molar-refractivity contribution in [2.24, 2.45) is 5.92 Å². The van der Waals surface area contributed by atoms with Gasteiger partial charge in [-0.1, -0.05) is 32.9 Å². The van der Waals surface area contributed by atoms with E-state index in [9.17, 15) is 0 Å². The molecule has 78 valence electrons. The number of thioether (sulfide) groups is 1. The molecule has 0 amide bonds. The van der Waals surface area contributed by atoms with Crippen molar-refractivity contribution in [2.45, 2.75) is 27.2 Å². The zero-order chi connectivity index (χ0) is 10.1. The van der Waals surface area contributed by atoms with Crippen molar-refractivity contribution in [2.75, 3.05) is 24.6 Å². The molecule has 0 aromatic heterocycles. The largest absolute Gasteiger partial charge is 0.313 e. The van der Waals surface area contributed by atoms with Crippen LogP contribution in [0.15, 0.2) is 12.2 Å². The molecule has 0 aromatic rings. The van der Waals surface area contributed by atoms with Crippen molar-refractivity contribution in [3.05, 3.63) is 12.2 Å². The molecule has 1 nitrogen and oxygen atoms in total. The van der Waals surface area contributed by atoms with Crippen molar-refractivity contribution in [1.82, 2.24) is 5.32 Å². The Hall–Kier alpha value is 0.0500. The molecule has 13 heavy (non-hydrogen) atoms. The molecule has 0 saturated heterocycles. The van der Waals surface area contributed by atoms with E-state index in [0.717, 1.165) is 24.8 Å². The zero-order valence-electron chi connectivity index (χ0n) is 9.23. The van der Waals surface area contributed by atoms with Gasteiger partial charge >= 0.3 is 0 Å². The Morgan fingerprint density at radius 3 is 2.69 bits per heavy atom. The Morgan fingerprint density at radius 2 is 2.15 bits per heavy atom. The second-order valence-corrected chi connectivity index (χ2v) is 4.87. The molecular weight excluding hydrogens is 178 g/mol. The topological polar surface area (TPSA) is 12.0 Å². The van der Waals surface area contributed by atoms with Crippen LogP contribution in [0.3, 0.4) is 0 Å². The monoisotopic (exact) mass is 201 g/mol. The third kappa shape index (κ3) is 9.97. The van der Waals surface area contributed by atoms with E-state index in [1.807, 2.05) is 11.8 Å². The third-order valence-electron chi connectivity index (χ3n) is 1.77. The second kappa shape index (κ2) is 8.64. The van der Waals surface area contributed by atoms with Crippen molar-refractivity contribution in [3.63, 3.8) is 0 Å². The lowest BCUT2D eigenvalue weighted by molar-refractivity contribution is 0.632. The molecule has 0 unspecified atom stereocenters. The van der Waals surface area contributed by atoms with E-state index in [4.69, 9.17) is 0 Å². The van der Waals surface area contributed by atoms with Crippen LogP contribution in [-0.2, 0) is 0 Å². The van der Waals surface area contributed by atoms with Crippen LogP contribution in [0, 0.1) is 5.92 Å². The van der Waals surface area contributed by atoms with Crippen LogP contribution in [0.4, 0.5) is 0 Å². The average molecular weight is 201 g/mol. The predicted molar refractivity (Wildman–Crippen MR) is 64.5 cm³/mol. The number of nitrogens with one attached hydrogen (secondary N) is 1. The average Bonchev–Trinajstić information content (AvgIpc) is 2.08. The van der Waals surface area contributed by atoms with Crippen LogP contribution < -0.4 is 5.32 Å². The summed E-state index contributed by atoms with van der Waals surface area (Å²) in [5.74, 6) is 3.21. The first-order chi connectivity index (χ1) is 6.16. The summed E-state index contributed by atoms with van der Waals surface area (Å²) in [4.78, 5) is 0. The number of likely N-dealkylation sites (N-methyl/N-ethyl adjacent to an activating group) is 1. The summed E-state index contributed by atoms with van der Waals surface area (Å²) >= 11 is 2.00. The SMILES string of the molecule is C=C(CNCC)CSCCC(C)C. The summed E-state index contributed by atoms with van der Waals surface area (Å²) in [6.07, 6.45) is 1.32. The maximum absolute atomic E-state index is 4.03. The van der Waals surface area contributed by atoms with Crippen molar-refractivity contribution in [1.29, 1.82) is 0 Å². The Bertz CT molecular complexity index is 132. The fourth-order valence-electron chi connectivity index (χ4n) is 0.888. The van der Waals surface area contributed by atoms with E-state index in [-0.39, 0.29) is 0 Å². The van der Waals surface area contributed by atoms with Crippen LogP contribution in [0.5, 0.6) is 0 Å². The van der Waals surface area contributed by atoms with E-state index in [0.29, 0.717) is 0 Å². The summed E-state index contributed by atoms with van der Waals surface area (Å²) in [7, 11) is 0. The highest BCUT2D eigenvalue weighted by Gasteiger charge is 1.96. The van der Waals surface area contributed by atoms with Gasteiger partial charge in [-0.2, -0.15) is 11.8 Å². The Labute approximate surface area is 87.4 Å². The maximum atomic E-state index is 4.03. The molecule has 1 N–H and O–H groups in total. The Kier molecular flexibility index (Phi) is 8.67. The first kappa shape index (κ1) is 13.1. The highest BCUT2D eigenvalue weighted by molar-refractivity contribution is 7.99. The molecule has 0 aliphatic carbocycles. The van der Waals surface area contributed by atoms with Gasteiger partial charge < -0.3 is 5.32 Å². The van der Waals surface area contributed by atoms with E-state index in [1.165, 1.54) is 17.7 Å². The van der Waals surface area contributed by atoms with E-state index in [2.05, 4.69) is 32.7 Å². The van der Waals surface area contributed by atoms with Crippen LogP contribution in [0.2, 0.25) is 0 Å². The molecule has 0 bridgehead atoms. The van der Waals surface area contributed by atoms with Crippen LogP contribution in [0.25, 0.3) is 0 Å². The Balaban J connectivity index is 3.17. The van der Waals surface area contributed by atoms with E-state index < -0.39 is 0 Å². The first-order valence-corrected chi connectivity index (χ1v) is 6.27. The summed E-state index contributed by atoms with van der Waals surface area (Å²) < 4.78 is 0. The van der Waals surface area contributed by atoms with Gasteiger partial charge in [0.15, 0.2) is 0 Å². The molecule has 0 atom stereocenters. The number of hydrogen-bond acceptors (Lipinski definition) is 2. The van der Waals surface area contributed by atoms with Gasteiger partial charge in [0.1, 0.15) is 0 Å².